The molecule has 0 aliphatic rings. The number of carboxylic acids is 1. The fourth-order valence-electron chi connectivity index (χ4n) is 2.56. The van der Waals surface area contributed by atoms with Crippen molar-refractivity contribution in [3.63, 3.8) is 0 Å². The SMILES string of the molecule is COP(=O)(Cc1ccccc1)O[C@@H](Cc1ccccc1)C(=O)NCCC(=O)O. The summed E-state index contributed by atoms with van der Waals surface area (Å²) in [6.07, 6.45) is -1.08. The van der Waals surface area contributed by atoms with E-state index in [0.717, 1.165) is 11.1 Å². The Hall–Kier alpha value is -2.47. The summed E-state index contributed by atoms with van der Waals surface area (Å²) in [6, 6.07) is 18.2. The van der Waals surface area contributed by atoms with Gasteiger partial charge in [-0.2, -0.15) is 0 Å². The molecule has 0 aromatic heterocycles. The molecule has 2 N–H and O–H groups in total. The van der Waals surface area contributed by atoms with Gasteiger partial charge in [0, 0.05) is 20.1 Å². The van der Waals surface area contributed by atoms with E-state index in [-0.39, 0.29) is 25.5 Å². The van der Waals surface area contributed by atoms with E-state index >= 15 is 0 Å². The van der Waals surface area contributed by atoms with Crippen LogP contribution in [0.2, 0.25) is 0 Å². The van der Waals surface area contributed by atoms with Gasteiger partial charge in [-0.25, -0.2) is 0 Å². The highest BCUT2D eigenvalue weighted by Crippen LogP contribution is 2.52. The summed E-state index contributed by atoms with van der Waals surface area (Å²) in [6.45, 7) is -0.0429. The Kier molecular flexibility index (Phi) is 8.39. The van der Waals surface area contributed by atoms with Crippen molar-refractivity contribution in [3.8, 4) is 0 Å². The van der Waals surface area contributed by atoms with Gasteiger partial charge in [0.05, 0.1) is 12.6 Å². The summed E-state index contributed by atoms with van der Waals surface area (Å²) >= 11 is 0. The van der Waals surface area contributed by atoms with Gasteiger partial charge >= 0.3 is 13.6 Å². The van der Waals surface area contributed by atoms with Gasteiger partial charge in [0.15, 0.2) is 0 Å². The van der Waals surface area contributed by atoms with Gasteiger partial charge in [0.25, 0.3) is 0 Å². The molecular weight excluding hydrogens is 381 g/mol. The molecule has 150 valence electrons. The minimum absolute atomic E-state index is 0.0258. The molecule has 0 aliphatic carbocycles. The standard InChI is InChI=1S/C20H24NO6P/c1-26-28(25,15-17-10-6-3-7-11-17)27-18(14-16-8-4-2-5-9-16)20(24)21-13-12-19(22)23/h2-11,18H,12-15H2,1H3,(H,21,24)(H,22,23)/t18-,28?/m0/s1. The molecule has 8 heteroatoms. The maximum atomic E-state index is 13.1. The van der Waals surface area contributed by atoms with E-state index < -0.39 is 25.6 Å². The van der Waals surface area contributed by atoms with Crippen LogP contribution in [0, 0.1) is 0 Å². The average Bonchev–Trinajstić information content (AvgIpc) is 2.68. The maximum absolute atomic E-state index is 13.1. The fraction of sp³-hybridized carbons (Fsp3) is 0.300. The smallest absolute Gasteiger partial charge is 0.335 e. The minimum atomic E-state index is -3.60. The molecule has 7 nitrogen and oxygen atoms in total. The summed E-state index contributed by atoms with van der Waals surface area (Å²) in [5.41, 5.74) is 1.58. The van der Waals surface area contributed by atoms with Gasteiger partial charge < -0.3 is 14.9 Å². The number of hydrogen-bond donors (Lipinski definition) is 2. The van der Waals surface area contributed by atoms with Crippen molar-refractivity contribution >= 4 is 19.5 Å². The zero-order chi connectivity index (χ0) is 20.4. The number of amides is 1. The molecule has 0 fully saturated rings. The van der Waals surface area contributed by atoms with E-state index in [0.29, 0.717) is 0 Å². The minimum Gasteiger partial charge on any atom is -0.481 e. The average molecular weight is 405 g/mol. The molecule has 0 aliphatic heterocycles. The lowest BCUT2D eigenvalue weighted by atomic mass is 10.1. The third kappa shape index (κ3) is 7.27. The molecule has 0 saturated carbocycles. The van der Waals surface area contributed by atoms with Crippen LogP contribution in [-0.2, 0) is 35.8 Å². The highest BCUT2D eigenvalue weighted by Gasteiger charge is 2.32. The number of rotatable bonds is 11. The summed E-state index contributed by atoms with van der Waals surface area (Å²) in [7, 11) is -2.31. The molecule has 0 spiro atoms. The molecule has 2 aromatic carbocycles. The van der Waals surface area contributed by atoms with Crippen LogP contribution in [0.1, 0.15) is 17.5 Å². The highest BCUT2D eigenvalue weighted by atomic mass is 31.2. The Morgan fingerprint density at radius 3 is 2.14 bits per heavy atom. The van der Waals surface area contributed by atoms with Crippen LogP contribution in [0.25, 0.3) is 0 Å². The molecule has 0 bridgehead atoms. The van der Waals surface area contributed by atoms with Crippen LogP contribution in [0.15, 0.2) is 60.7 Å². The third-order valence-corrected chi connectivity index (χ3v) is 5.86. The molecular formula is C20H24NO6P. The van der Waals surface area contributed by atoms with Crippen molar-refractivity contribution < 1.29 is 28.3 Å². The van der Waals surface area contributed by atoms with Crippen LogP contribution in [0.5, 0.6) is 0 Å². The van der Waals surface area contributed by atoms with Crippen molar-refractivity contribution in [2.45, 2.75) is 25.1 Å². The first-order valence-electron chi connectivity index (χ1n) is 8.82. The van der Waals surface area contributed by atoms with E-state index in [1.807, 2.05) is 48.5 Å². The summed E-state index contributed by atoms with van der Waals surface area (Å²) < 4.78 is 24.0. The molecule has 0 saturated heterocycles. The molecule has 2 rings (SSSR count). The van der Waals surface area contributed by atoms with Crippen molar-refractivity contribution in [2.75, 3.05) is 13.7 Å². The lowest BCUT2D eigenvalue weighted by molar-refractivity contribution is -0.137. The molecule has 0 radical (unpaired) electrons. The van der Waals surface area contributed by atoms with Crippen LogP contribution < -0.4 is 5.32 Å². The van der Waals surface area contributed by atoms with Gasteiger partial charge in [-0.15, -0.1) is 0 Å². The summed E-state index contributed by atoms with van der Waals surface area (Å²) in [5.74, 6) is -1.55. The molecule has 2 aromatic rings. The van der Waals surface area contributed by atoms with Gasteiger partial charge in [-0.05, 0) is 11.1 Å². The Bertz CT molecular complexity index is 812. The molecule has 1 amide bonds. The molecule has 28 heavy (non-hydrogen) atoms. The van der Waals surface area contributed by atoms with Crippen LogP contribution >= 0.6 is 7.60 Å². The fourth-order valence-corrected chi connectivity index (χ4v) is 4.06. The number of carbonyl (C=O) groups excluding carboxylic acids is 1. The number of benzene rings is 2. The Morgan fingerprint density at radius 1 is 1.04 bits per heavy atom. The van der Waals surface area contributed by atoms with Crippen LogP contribution in [0.4, 0.5) is 0 Å². The van der Waals surface area contributed by atoms with E-state index in [2.05, 4.69) is 5.32 Å². The molecule has 2 atom stereocenters. The van der Waals surface area contributed by atoms with E-state index in [4.69, 9.17) is 14.2 Å². The third-order valence-electron chi connectivity index (χ3n) is 3.98. The van der Waals surface area contributed by atoms with Gasteiger partial charge in [-0.1, -0.05) is 60.7 Å². The summed E-state index contributed by atoms with van der Waals surface area (Å²) in [4.78, 5) is 23.2. The van der Waals surface area contributed by atoms with Crippen molar-refractivity contribution in [1.29, 1.82) is 0 Å². The monoisotopic (exact) mass is 405 g/mol. The lowest BCUT2D eigenvalue weighted by Crippen LogP contribution is -2.38. The van der Waals surface area contributed by atoms with Crippen LogP contribution in [-0.4, -0.2) is 36.7 Å². The molecule has 0 heterocycles. The predicted octanol–water partition coefficient (Wildman–Crippen LogP) is 3.24. The van der Waals surface area contributed by atoms with Crippen molar-refractivity contribution in [2.24, 2.45) is 0 Å². The zero-order valence-electron chi connectivity index (χ0n) is 15.6. The maximum Gasteiger partial charge on any atom is 0.335 e. The first-order valence-corrected chi connectivity index (χ1v) is 10.6. The van der Waals surface area contributed by atoms with Gasteiger partial charge in [-0.3, -0.25) is 18.7 Å². The van der Waals surface area contributed by atoms with Gasteiger partial charge in [0.1, 0.15) is 6.10 Å². The number of hydrogen-bond acceptors (Lipinski definition) is 5. The van der Waals surface area contributed by atoms with Crippen molar-refractivity contribution in [1.82, 2.24) is 5.32 Å². The number of carboxylic acid groups (broad SMARTS) is 1. The first kappa shape index (κ1) is 21.8. The number of nitrogens with one attached hydrogen (secondary N) is 1. The Labute approximate surface area is 164 Å². The number of carbonyl (C=O) groups is 2. The first-order chi connectivity index (χ1) is 13.4. The highest BCUT2D eigenvalue weighted by molar-refractivity contribution is 7.53. The van der Waals surface area contributed by atoms with E-state index in [9.17, 15) is 14.2 Å². The second-order valence-electron chi connectivity index (χ2n) is 6.16. The van der Waals surface area contributed by atoms with Gasteiger partial charge in [0.2, 0.25) is 5.91 Å². The zero-order valence-corrected chi connectivity index (χ0v) is 16.5. The topological polar surface area (TPSA) is 102 Å². The predicted molar refractivity (Wildman–Crippen MR) is 105 cm³/mol. The van der Waals surface area contributed by atoms with E-state index in [1.165, 1.54) is 7.11 Å². The normalized spacial score (nSPS) is 14.0. The second-order valence-corrected chi connectivity index (χ2v) is 8.27. The van der Waals surface area contributed by atoms with Crippen LogP contribution in [0.3, 0.4) is 0 Å². The Morgan fingerprint density at radius 2 is 1.61 bits per heavy atom. The van der Waals surface area contributed by atoms with E-state index in [1.54, 1.807) is 12.1 Å². The summed E-state index contributed by atoms with van der Waals surface area (Å²) in [5, 5.41) is 11.3. The van der Waals surface area contributed by atoms with Crippen molar-refractivity contribution in [3.05, 3.63) is 71.8 Å². The molecule has 1 unspecified atom stereocenters. The Balaban J connectivity index is 2.14. The quantitative estimate of drug-likeness (QED) is 0.557. The number of aliphatic carboxylic acids is 1. The second kappa shape index (κ2) is 10.8. The largest absolute Gasteiger partial charge is 0.481 e. The lowest BCUT2D eigenvalue weighted by Gasteiger charge is -2.23.